The molecule has 2 heterocycles. The number of hydrogen-bond acceptors (Lipinski definition) is 2. The Bertz CT molecular complexity index is 578. The van der Waals surface area contributed by atoms with E-state index in [9.17, 15) is 0 Å². The van der Waals surface area contributed by atoms with Gasteiger partial charge in [0.15, 0.2) is 0 Å². The number of aryl methyl sites for hydroxylation is 1. The van der Waals surface area contributed by atoms with E-state index in [4.69, 9.17) is 4.42 Å². The molecule has 0 saturated heterocycles. The lowest BCUT2D eigenvalue weighted by Gasteiger charge is -1.99. The van der Waals surface area contributed by atoms with Gasteiger partial charge in [-0.25, -0.2) is 0 Å². The fraction of sp³-hybridized carbons (Fsp3) is 0.0833. The molecule has 0 radical (unpaired) electrons. The molecule has 0 aliphatic carbocycles. The van der Waals surface area contributed by atoms with Crippen molar-refractivity contribution in [3.8, 4) is 11.3 Å². The van der Waals surface area contributed by atoms with Gasteiger partial charge in [0.25, 0.3) is 0 Å². The van der Waals surface area contributed by atoms with E-state index in [0.717, 1.165) is 11.3 Å². The molecule has 0 amide bonds. The Hall–Kier alpha value is -2.03. The van der Waals surface area contributed by atoms with Crippen molar-refractivity contribution < 1.29 is 4.42 Å². The topological polar surface area (TPSA) is 30.4 Å². The zero-order valence-electron chi connectivity index (χ0n) is 8.34. The minimum absolute atomic E-state index is 0.633. The molecule has 3 aromatic rings. The zero-order valence-corrected chi connectivity index (χ0v) is 8.34. The molecule has 0 aliphatic rings. The highest BCUT2D eigenvalue weighted by atomic mass is 16.3. The van der Waals surface area contributed by atoms with Crippen molar-refractivity contribution in [2.45, 2.75) is 6.92 Å². The molecule has 74 valence electrons. The Morgan fingerprint density at radius 3 is 2.93 bits per heavy atom. The molecule has 0 N–H and O–H groups in total. The Balaban J connectivity index is 2.22. The summed E-state index contributed by atoms with van der Waals surface area (Å²) < 4.78 is 7.09. The normalized spacial score (nSPS) is 11.0. The molecule has 3 heteroatoms. The number of rotatable bonds is 1. The maximum absolute atomic E-state index is 5.21. The second-order valence-corrected chi connectivity index (χ2v) is 3.53. The zero-order chi connectivity index (χ0) is 10.3. The van der Waals surface area contributed by atoms with E-state index >= 15 is 0 Å². The van der Waals surface area contributed by atoms with Gasteiger partial charge >= 0.3 is 5.84 Å². The molecule has 0 aliphatic heterocycles. The third-order valence-corrected chi connectivity index (χ3v) is 2.51. The van der Waals surface area contributed by atoms with E-state index in [-0.39, 0.29) is 0 Å². The minimum Gasteiger partial charge on any atom is -0.432 e. The number of benzene rings is 1. The molecule has 15 heavy (non-hydrogen) atoms. The van der Waals surface area contributed by atoms with E-state index in [1.165, 1.54) is 5.56 Å². The van der Waals surface area contributed by atoms with Gasteiger partial charge in [0.05, 0.1) is 5.69 Å². The summed E-state index contributed by atoms with van der Waals surface area (Å²) in [6.45, 7) is 2.08. The summed E-state index contributed by atoms with van der Waals surface area (Å²) in [5.41, 5.74) is 3.32. The second kappa shape index (κ2) is 2.98. The van der Waals surface area contributed by atoms with Gasteiger partial charge < -0.3 is 4.42 Å². The third kappa shape index (κ3) is 1.24. The van der Waals surface area contributed by atoms with Gasteiger partial charge in [0.1, 0.15) is 6.26 Å². The van der Waals surface area contributed by atoms with Crippen molar-refractivity contribution in [3.05, 3.63) is 48.5 Å². The average molecular weight is 198 g/mol. The molecular weight excluding hydrogens is 188 g/mol. The Morgan fingerprint density at radius 2 is 2.13 bits per heavy atom. The summed E-state index contributed by atoms with van der Waals surface area (Å²) in [5, 5.41) is 0. The molecule has 0 bridgehead atoms. The standard InChI is InChI=1S/C12H10N2O/c1-9-4-2-3-5-10(9)11-8-14-6-7-15-12(14)13-11/h2-8H,1H3. The van der Waals surface area contributed by atoms with Crippen LogP contribution in [-0.2, 0) is 0 Å². The van der Waals surface area contributed by atoms with E-state index in [2.05, 4.69) is 24.0 Å². The van der Waals surface area contributed by atoms with Crippen LogP contribution in [0, 0.1) is 6.92 Å². The minimum atomic E-state index is 0.633. The lowest BCUT2D eigenvalue weighted by Crippen LogP contribution is -1.81. The monoisotopic (exact) mass is 198 g/mol. The molecule has 0 spiro atoms. The Morgan fingerprint density at radius 1 is 1.27 bits per heavy atom. The van der Waals surface area contributed by atoms with E-state index < -0.39 is 0 Å². The maximum atomic E-state index is 5.21. The molecule has 0 atom stereocenters. The van der Waals surface area contributed by atoms with Crippen molar-refractivity contribution in [2.75, 3.05) is 0 Å². The predicted molar refractivity (Wildman–Crippen MR) is 57.6 cm³/mol. The van der Waals surface area contributed by atoms with Crippen molar-refractivity contribution in [1.82, 2.24) is 9.38 Å². The maximum Gasteiger partial charge on any atom is 0.306 e. The number of oxazole rings is 1. The first-order chi connectivity index (χ1) is 7.34. The van der Waals surface area contributed by atoms with Gasteiger partial charge in [-0.1, -0.05) is 24.3 Å². The van der Waals surface area contributed by atoms with Crippen LogP contribution in [0.25, 0.3) is 17.1 Å². The number of hydrogen-bond donors (Lipinski definition) is 0. The van der Waals surface area contributed by atoms with E-state index in [1.807, 2.05) is 28.9 Å². The SMILES string of the molecule is Cc1ccccc1-c1cn2ccoc2n1. The number of imidazole rings is 1. The third-order valence-electron chi connectivity index (χ3n) is 2.51. The Labute approximate surface area is 87.0 Å². The highest BCUT2D eigenvalue weighted by Crippen LogP contribution is 2.22. The summed E-state index contributed by atoms with van der Waals surface area (Å²) in [5.74, 6) is 0.633. The molecule has 2 aromatic heterocycles. The fourth-order valence-corrected chi connectivity index (χ4v) is 1.72. The highest BCUT2D eigenvalue weighted by Gasteiger charge is 2.07. The fourth-order valence-electron chi connectivity index (χ4n) is 1.72. The molecule has 1 aromatic carbocycles. The average Bonchev–Trinajstić information content (AvgIpc) is 2.77. The van der Waals surface area contributed by atoms with Gasteiger partial charge in [-0.2, -0.15) is 4.98 Å². The highest BCUT2D eigenvalue weighted by molar-refractivity contribution is 5.64. The number of aromatic nitrogens is 2. The molecule has 3 nitrogen and oxygen atoms in total. The van der Waals surface area contributed by atoms with Crippen molar-refractivity contribution in [3.63, 3.8) is 0 Å². The summed E-state index contributed by atoms with van der Waals surface area (Å²) in [7, 11) is 0. The smallest absolute Gasteiger partial charge is 0.306 e. The van der Waals surface area contributed by atoms with Crippen LogP contribution >= 0.6 is 0 Å². The number of nitrogens with zero attached hydrogens (tertiary/aromatic N) is 2. The molecule has 0 saturated carbocycles. The van der Waals surface area contributed by atoms with Crippen molar-refractivity contribution >= 4 is 5.84 Å². The summed E-state index contributed by atoms with van der Waals surface area (Å²) in [4.78, 5) is 4.40. The van der Waals surface area contributed by atoms with Crippen molar-refractivity contribution in [1.29, 1.82) is 0 Å². The van der Waals surface area contributed by atoms with Gasteiger partial charge in [-0.05, 0) is 12.5 Å². The van der Waals surface area contributed by atoms with Crippen LogP contribution in [0.5, 0.6) is 0 Å². The molecule has 0 unspecified atom stereocenters. The predicted octanol–water partition coefficient (Wildman–Crippen LogP) is 2.90. The quantitative estimate of drug-likeness (QED) is 0.601. The van der Waals surface area contributed by atoms with Gasteiger partial charge in [0, 0.05) is 18.0 Å². The van der Waals surface area contributed by atoms with Gasteiger partial charge in [-0.15, -0.1) is 0 Å². The van der Waals surface area contributed by atoms with Crippen LogP contribution in [0.4, 0.5) is 0 Å². The first-order valence-corrected chi connectivity index (χ1v) is 4.83. The van der Waals surface area contributed by atoms with Crippen LogP contribution < -0.4 is 0 Å². The molecule has 3 rings (SSSR count). The van der Waals surface area contributed by atoms with Crippen LogP contribution in [0.3, 0.4) is 0 Å². The first-order valence-electron chi connectivity index (χ1n) is 4.83. The summed E-state index contributed by atoms with van der Waals surface area (Å²) in [6.07, 6.45) is 5.45. The molecule has 0 fully saturated rings. The largest absolute Gasteiger partial charge is 0.432 e. The van der Waals surface area contributed by atoms with Gasteiger partial charge in [0.2, 0.25) is 0 Å². The Kier molecular flexibility index (Phi) is 1.65. The molecular formula is C12H10N2O. The summed E-state index contributed by atoms with van der Waals surface area (Å²) in [6, 6.07) is 8.19. The summed E-state index contributed by atoms with van der Waals surface area (Å²) >= 11 is 0. The van der Waals surface area contributed by atoms with Crippen molar-refractivity contribution in [2.24, 2.45) is 0 Å². The first kappa shape index (κ1) is 8.29. The second-order valence-electron chi connectivity index (χ2n) is 3.53. The van der Waals surface area contributed by atoms with Crippen LogP contribution in [0.15, 0.2) is 47.3 Å². The lowest BCUT2D eigenvalue weighted by atomic mass is 10.1. The van der Waals surface area contributed by atoms with Crippen LogP contribution in [0.1, 0.15) is 5.56 Å². The number of fused-ring (bicyclic) bond motifs is 1. The van der Waals surface area contributed by atoms with E-state index in [1.54, 1.807) is 6.26 Å². The lowest BCUT2D eigenvalue weighted by molar-refractivity contribution is 0.596. The van der Waals surface area contributed by atoms with Crippen LogP contribution in [-0.4, -0.2) is 9.38 Å². The van der Waals surface area contributed by atoms with E-state index in [0.29, 0.717) is 5.84 Å². The van der Waals surface area contributed by atoms with Crippen LogP contribution in [0.2, 0.25) is 0 Å². The van der Waals surface area contributed by atoms with Gasteiger partial charge in [-0.3, -0.25) is 4.40 Å².